The lowest BCUT2D eigenvalue weighted by atomic mass is 9.87. The van der Waals surface area contributed by atoms with E-state index in [1.807, 2.05) is 48.5 Å². The van der Waals surface area contributed by atoms with Crippen molar-refractivity contribution in [3.05, 3.63) is 95.3 Å². The van der Waals surface area contributed by atoms with E-state index < -0.39 is 16.8 Å². The number of halogens is 2. The molecule has 0 saturated heterocycles. The molecule has 2 unspecified atom stereocenters. The molecular weight excluding hydrogens is 383 g/mol. The maximum Gasteiger partial charge on any atom is 0.129 e. The molecule has 3 aromatic carbocycles. The van der Waals surface area contributed by atoms with Crippen LogP contribution in [0, 0.1) is 11.7 Å². The highest BCUT2D eigenvalue weighted by atomic mass is 35.5. The van der Waals surface area contributed by atoms with E-state index in [0.29, 0.717) is 5.92 Å². The van der Waals surface area contributed by atoms with Crippen molar-refractivity contribution in [2.75, 3.05) is 0 Å². The molecule has 0 aliphatic carbocycles. The van der Waals surface area contributed by atoms with E-state index in [-0.39, 0.29) is 12.0 Å². The van der Waals surface area contributed by atoms with Crippen molar-refractivity contribution >= 4 is 11.6 Å². The van der Waals surface area contributed by atoms with Crippen molar-refractivity contribution < 1.29 is 9.50 Å². The lowest BCUT2D eigenvalue weighted by molar-refractivity contribution is 0.0430. The second-order valence-electron chi connectivity index (χ2n) is 8.35. The second-order valence-corrected chi connectivity index (χ2v) is 8.87. The van der Waals surface area contributed by atoms with Gasteiger partial charge >= 0.3 is 0 Å². The van der Waals surface area contributed by atoms with Gasteiger partial charge in [0.1, 0.15) is 5.82 Å². The van der Waals surface area contributed by atoms with Crippen molar-refractivity contribution in [2.24, 2.45) is 5.92 Å². The average molecular weight is 411 g/mol. The van der Waals surface area contributed by atoms with Gasteiger partial charge in [-0.2, -0.15) is 0 Å². The van der Waals surface area contributed by atoms with Gasteiger partial charge < -0.3 is 5.11 Å². The minimum absolute atomic E-state index is 0.222. The highest BCUT2D eigenvalue weighted by Gasteiger charge is 2.30. The van der Waals surface area contributed by atoms with E-state index >= 15 is 0 Å². The third-order valence-corrected chi connectivity index (χ3v) is 5.62. The molecule has 0 saturated carbocycles. The van der Waals surface area contributed by atoms with E-state index in [0.717, 1.165) is 23.1 Å². The highest BCUT2D eigenvalue weighted by Crippen LogP contribution is 2.37. The smallest absolute Gasteiger partial charge is 0.129 e. The quantitative estimate of drug-likeness (QED) is 0.406. The molecule has 0 spiro atoms. The monoisotopic (exact) mass is 410 g/mol. The maximum absolute atomic E-state index is 14.9. The molecule has 3 rings (SSSR count). The van der Waals surface area contributed by atoms with Crippen molar-refractivity contribution in [1.82, 2.24) is 0 Å². The Labute approximate surface area is 178 Å². The molecule has 3 aromatic rings. The van der Waals surface area contributed by atoms with Gasteiger partial charge in [0, 0.05) is 12.0 Å². The summed E-state index contributed by atoms with van der Waals surface area (Å²) in [5.41, 5.74) is 2.81. The summed E-state index contributed by atoms with van der Waals surface area (Å²) in [6, 6.07) is 22.8. The van der Waals surface area contributed by atoms with E-state index in [1.165, 1.54) is 11.6 Å². The maximum atomic E-state index is 14.9. The molecule has 0 aliphatic rings. The normalized spacial score (nSPS) is 14.6. The molecule has 0 aromatic heterocycles. The largest absolute Gasteiger partial charge is 0.385 e. The average Bonchev–Trinajstić information content (AvgIpc) is 2.68. The first-order chi connectivity index (χ1) is 13.8. The summed E-state index contributed by atoms with van der Waals surface area (Å²) in [5.74, 6) is 0.169. The summed E-state index contributed by atoms with van der Waals surface area (Å²) >= 11 is 6.60. The lowest BCUT2D eigenvalue weighted by Gasteiger charge is -2.27. The summed E-state index contributed by atoms with van der Waals surface area (Å²) in [6.07, 6.45) is 1.24. The fourth-order valence-corrected chi connectivity index (χ4v) is 4.12. The third kappa shape index (κ3) is 5.46. The summed E-state index contributed by atoms with van der Waals surface area (Å²) in [7, 11) is 0. The van der Waals surface area contributed by atoms with Crippen LogP contribution in [0.3, 0.4) is 0 Å². The van der Waals surface area contributed by atoms with Crippen LogP contribution in [-0.4, -0.2) is 5.11 Å². The molecule has 2 atom stereocenters. The number of benzene rings is 3. The van der Waals surface area contributed by atoms with E-state index in [9.17, 15) is 9.50 Å². The Hall–Kier alpha value is -2.16. The summed E-state index contributed by atoms with van der Waals surface area (Å²) in [6.45, 7) is 6.00. The van der Waals surface area contributed by atoms with Gasteiger partial charge in [-0.15, -0.1) is 11.6 Å². The summed E-state index contributed by atoms with van der Waals surface area (Å²) in [5, 5.41) is 10.6. The van der Waals surface area contributed by atoms with E-state index in [4.69, 9.17) is 11.6 Å². The van der Waals surface area contributed by atoms with Crippen LogP contribution in [0.4, 0.5) is 4.39 Å². The molecule has 0 bridgehead atoms. The van der Waals surface area contributed by atoms with Gasteiger partial charge in [-0.25, -0.2) is 4.39 Å². The first-order valence-electron chi connectivity index (χ1n) is 10.1. The van der Waals surface area contributed by atoms with Crippen molar-refractivity contribution in [1.29, 1.82) is 0 Å². The van der Waals surface area contributed by atoms with Gasteiger partial charge in [0.25, 0.3) is 0 Å². The van der Waals surface area contributed by atoms with Gasteiger partial charge in [-0.1, -0.05) is 80.6 Å². The first-order valence-corrected chi connectivity index (χ1v) is 10.5. The molecule has 1 nitrogen and oxygen atoms in total. The van der Waals surface area contributed by atoms with Crippen LogP contribution in [0.25, 0.3) is 11.1 Å². The Morgan fingerprint density at radius 1 is 0.931 bits per heavy atom. The molecule has 0 radical (unpaired) electrons. The molecular formula is C26H28ClFO. The van der Waals surface area contributed by atoms with Crippen LogP contribution in [0.2, 0.25) is 0 Å². The van der Waals surface area contributed by atoms with Crippen molar-refractivity contribution in [3.63, 3.8) is 0 Å². The molecule has 0 fully saturated rings. The van der Waals surface area contributed by atoms with Gasteiger partial charge in [-0.05, 0) is 47.6 Å². The number of aliphatic hydroxyl groups is 1. The molecule has 3 heteroatoms. The Morgan fingerprint density at radius 3 is 2.17 bits per heavy atom. The predicted octanol–water partition coefficient (Wildman–Crippen LogP) is 7.27. The van der Waals surface area contributed by atoms with Gasteiger partial charge in [0.2, 0.25) is 0 Å². The van der Waals surface area contributed by atoms with Crippen molar-refractivity contribution in [2.45, 2.75) is 44.6 Å². The predicted molar refractivity (Wildman–Crippen MR) is 120 cm³/mol. The minimum Gasteiger partial charge on any atom is -0.385 e. The van der Waals surface area contributed by atoms with Gasteiger partial charge in [0.05, 0.1) is 11.0 Å². The zero-order valence-electron chi connectivity index (χ0n) is 17.2. The lowest BCUT2D eigenvalue weighted by Crippen LogP contribution is -2.24. The number of hydrogen-bond donors (Lipinski definition) is 1. The number of rotatable bonds is 7. The zero-order valence-corrected chi connectivity index (χ0v) is 18.0. The zero-order chi connectivity index (χ0) is 21.0. The Morgan fingerprint density at radius 2 is 1.59 bits per heavy atom. The Balaban J connectivity index is 1.76. The van der Waals surface area contributed by atoms with Crippen molar-refractivity contribution in [3.8, 4) is 11.1 Å². The number of alkyl halides is 1. The number of hydrogen-bond acceptors (Lipinski definition) is 1. The van der Waals surface area contributed by atoms with Crippen LogP contribution in [0.1, 0.15) is 49.3 Å². The highest BCUT2D eigenvalue weighted by molar-refractivity contribution is 6.20. The van der Waals surface area contributed by atoms with Crippen LogP contribution in [0.5, 0.6) is 0 Å². The Kier molecular flexibility index (Phi) is 6.77. The molecule has 0 amide bonds. The fourth-order valence-electron chi connectivity index (χ4n) is 3.67. The standard InChI is InChI=1S/C26H28ClFO/c1-18(2)15-19-9-11-21(12-10-19)24(27)17-26(3,29)23-14-13-22(16-25(23)28)20-7-5-4-6-8-20/h4-14,16,18,24,29H,15,17H2,1-3H3. The topological polar surface area (TPSA) is 20.2 Å². The third-order valence-electron chi connectivity index (χ3n) is 5.22. The summed E-state index contributed by atoms with van der Waals surface area (Å²) in [4.78, 5) is 0. The minimum atomic E-state index is -1.37. The summed E-state index contributed by atoms with van der Waals surface area (Å²) < 4.78 is 14.9. The van der Waals surface area contributed by atoms with E-state index in [1.54, 1.807) is 13.0 Å². The molecule has 29 heavy (non-hydrogen) atoms. The van der Waals surface area contributed by atoms with Gasteiger partial charge in [-0.3, -0.25) is 0 Å². The molecule has 1 N–H and O–H groups in total. The SMILES string of the molecule is CC(C)Cc1ccc(C(Cl)CC(C)(O)c2ccc(-c3ccccc3)cc2F)cc1. The van der Waals surface area contributed by atoms with Crippen LogP contribution in [-0.2, 0) is 12.0 Å². The fraction of sp³-hybridized carbons (Fsp3) is 0.308. The second kappa shape index (κ2) is 9.11. The molecule has 152 valence electrons. The van der Waals surface area contributed by atoms with Crippen LogP contribution >= 0.6 is 11.6 Å². The van der Waals surface area contributed by atoms with E-state index in [2.05, 4.69) is 26.0 Å². The van der Waals surface area contributed by atoms with Gasteiger partial charge in [0.15, 0.2) is 0 Å². The van der Waals surface area contributed by atoms with Crippen LogP contribution in [0.15, 0.2) is 72.8 Å². The molecule has 0 aliphatic heterocycles. The van der Waals surface area contributed by atoms with Crippen LogP contribution < -0.4 is 0 Å². The first kappa shape index (κ1) is 21.5. The Bertz CT molecular complexity index is 933. The molecule has 0 heterocycles.